The van der Waals surface area contributed by atoms with Gasteiger partial charge in [-0.15, -0.1) is 0 Å². The van der Waals surface area contributed by atoms with Gasteiger partial charge in [-0.3, -0.25) is 9.59 Å². The maximum atomic E-state index is 11.7. The molecule has 0 spiro atoms. The summed E-state index contributed by atoms with van der Waals surface area (Å²) in [5, 5.41) is 122. The molecule has 0 aliphatic carbocycles. The SMILES string of the molecule is O=C(O)CC(=O)OC[C@H]1O[C@@H](Oc2cc(O)cc3[o+]c(-c4cc(O)c(O)c(O)c4)c(O[C@@H]4O[C@H](CO)[C@@H](O)[C@H](O)[C@H]4O)cc23)[C@H](O)[C@@H](O)[C@@H]1O. The zero-order chi connectivity index (χ0) is 36.6. The molecule has 1 aromatic heterocycles. The molecule has 0 amide bonds. The van der Waals surface area contributed by atoms with Gasteiger partial charge in [0.2, 0.25) is 18.3 Å². The van der Waals surface area contributed by atoms with E-state index in [1.54, 1.807) is 0 Å². The molecular weight excluding hydrogens is 680 g/mol. The topological polar surface area (TPSA) is 334 Å². The second-order valence-electron chi connectivity index (χ2n) is 11.4. The molecular formula is C30H33O20+. The van der Waals surface area contributed by atoms with Crippen LogP contribution in [0.3, 0.4) is 0 Å². The number of carboxylic acids is 1. The zero-order valence-electron chi connectivity index (χ0n) is 25.4. The predicted octanol–water partition coefficient (Wildman–Crippen LogP) is -2.41. The van der Waals surface area contributed by atoms with Gasteiger partial charge in [-0.05, 0) is 0 Å². The first-order valence-electron chi connectivity index (χ1n) is 14.7. The number of carboxylic acid groups (broad SMARTS) is 1. The number of phenols is 4. The van der Waals surface area contributed by atoms with Crippen molar-refractivity contribution < 1.29 is 99.0 Å². The van der Waals surface area contributed by atoms with E-state index < -0.39 is 122 Å². The molecule has 2 saturated heterocycles. The fourth-order valence-electron chi connectivity index (χ4n) is 5.21. The molecule has 2 aliphatic heterocycles. The summed E-state index contributed by atoms with van der Waals surface area (Å²) < 4.78 is 33.2. The highest BCUT2D eigenvalue weighted by atomic mass is 16.7. The van der Waals surface area contributed by atoms with E-state index in [9.17, 15) is 65.8 Å². The maximum Gasteiger partial charge on any atom is 0.402 e. The summed E-state index contributed by atoms with van der Waals surface area (Å²) in [6.45, 7) is -1.57. The van der Waals surface area contributed by atoms with Crippen LogP contribution in [-0.4, -0.2) is 148 Å². The van der Waals surface area contributed by atoms with Gasteiger partial charge in [-0.1, -0.05) is 0 Å². The molecule has 5 rings (SSSR count). The number of carbonyl (C=O) groups excluding carboxylic acids is 1. The first-order valence-corrected chi connectivity index (χ1v) is 14.7. The third-order valence-electron chi connectivity index (χ3n) is 7.84. The smallest absolute Gasteiger partial charge is 0.402 e. The van der Waals surface area contributed by atoms with Crippen molar-refractivity contribution in [1.82, 2.24) is 0 Å². The second-order valence-corrected chi connectivity index (χ2v) is 11.4. The number of rotatable bonds is 10. The molecule has 0 unspecified atom stereocenters. The monoisotopic (exact) mass is 713 g/mol. The first-order chi connectivity index (χ1) is 23.6. The summed E-state index contributed by atoms with van der Waals surface area (Å²) in [6.07, 6.45) is -18.9. The molecule has 10 atom stereocenters. The lowest BCUT2D eigenvalue weighted by Crippen LogP contribution is -2.60. The van der Waals surface area contributed by atoms with Crippen molar-refractivity contribution in [3.63, 3.8) is 0 Å². The van der Waals surface area contributed by atoms with Crippen LogP contribution in [0.5, 0.6) is 34.5 Å². The molecule has 3 heterocycles. The zero-order valence-corrected chi connectivity index (χ0v) is 25.4. The standard InChI is InChI=1S/C30H32O20/c31-7-17-22(39)24(41)26(43)30(49-17)48-16-5-11-14(46-28(16)9-1-12(33)21(38)13(34)2-9)3-10(32)4-15(11)47-29-27(44)25(42)23(40)18(50-29)8-45-20(37)6-19(35)36/h1-5,17-18,22-27,29-31,39-44H,6-8H2,(H4-,32,33,34,35,36,38)/p+1/t17-,18-,22-,23-,24+,25+,26-,27-,29-,30-/m1/s1. The van der Waals surface area contributed by atoms with Gasteiger partial charge in [0.05, 0.1) is 18.2 Å². The lowest BCUT2D eigenvalue weighted by atomic mass is 9.99. The Morgan fingerprint density at radius 2 is 1.28 bits per heavy atom. The van der Waals surface area contributed by atoms with E-state index >= 15 is 0 Å². The Kier molecular flexibility index (Phi) is 10.7. The first kappa shape index (κ1) is 36.5. The van der Waals surface area contributed by atoms with Crippen molar-refractivity contribution in [3.8, 4) is 45.8 Å². The fourth-order valence-corrected chi connectivity index (χ4v) is 5.21. The Balaban J connectivity index is 1.55. The van der Waals surface area contributed by atoms with E-state index in [1.807, 2.05) is 0 Å². The van der Waals surface area contributed by atoms with Crippen molar-refractivity contribution >= 4 is 22.9 Å². The van der Waals surface area contributed by atoms with Crippen LogP contribution in [0.4, 0.5) is 0 Å². The van der Waals surface area contributed by atoms with E-state index in [-0.39, 0.29) is 28.0 Å². The van der Waals surface area contributed by atoms with Gasteiger partial charge >= 0.3 is 23.3 Å². The number of hydrogen-bond donors (Lipinski definition) is 12. The summed E-state index contributed by atoms with van der Waals surface area (Å²) in [7, 11) is 0. The van der Waals surface area contributed by atoms with E-state index in [2.05, 4.69) is 0 Å². The molecule has 0 saturated carbocycles. The molecule has 20 nitrogen and oxygen atoms in total. The summed E-state index contributed by atoms with van der Waals surface area (Å²) in [4.78, 5) is 22.5. The van der Waals surface area contributed by atoms with Crippen LogP contribution in [0.15, 0.2) is 34.7 Å². The number of aromatic hydroxyl groups is 4. The number of hydrogen-bond acceptors (Lipinski definition) is 18. The number of carbonyl (C=O) groups is 2. The number of aliphatic hydroxyl groups is 7. The van der Waals surface area contributed by atoms with E-state index in [1.165, 1.54) is 0 Å². The Bertz CT molecular complexity index is 1710. The number of aliphatic carboxylic acids is 1. The average molecular weight is 714 g/mol. The molecule has 0 radical (unpaired) electrons. The number of esters is 1. The number of phenolic OH excluding ortho intramolecular Hbond substituents is 4. The minimum Gasteiger partial charge on any atom is -0.507 e. The van der Waals surface area contributed by atoms with Crippen LogP contribution in [-0.2, 0) is 23.8 Å². The molecule has 2 aliphatic rings. The maximum absolute atomic E-state index is 11.7. The van der Waals surface area contributed by atoms with Gasteiger partial charge < -0.3 is 85.0 Å². The largest absolute Gasteiger partial charge is 0.507 e. The summed E-state index contributed by atoms with van der Waals surface area (Å²) in [6, 6.07) is 5.12. The molecule has 20 heteroatoms. The Labute approximate surface area is 279 Å². The van der Waals surface area contributed by atoms with Gasteiger partial charge in [0.15, 0.2) is 17.2 Å². The number of benzene rings is 2. The fraction of sp³-hybridized carbons (Fsp3) is 0.433. The van der Waals surface area contributed by atoms with Crippen LogP contribution in [0, 0.1) is 0 Å². The van der Waals surface area contributed by atoms with E-state index in [0.29, 0.717) is 0 Å². The highest BCUT2D eigenvalue weighted by Gasteiger charge is 2.47. The van der Waals surface area contributed by atoms with Crippen LogP contribution < -0.4 is 9.47 Å². The quantitative estimate of drug-likeness (QED) is 0.0450. The minimum absolute atomic E-state index is 0.0980. The molecule has 0 bridgehead atoms. The van der Waals surface area contributed by atoms with Crippen molar-refractivity contribution in [2.75, 3.05) is 13.2 Å². The lowest BCUT2D eigenvalue weighted by Gasteiger charge is -2.40. The van der Waals surface area contributed by atoms with E-state index in [4.69, 9.17) is 33.2 Å². The number of ether oxygens (including phenoxy) is 5. The molecule has 2 aromatic carbocycles. The van der Waals surface area contributed by atoms with Gasteiger partial charge in [0, 0.05) is 24.3 Å². The normalized spacial score (nSPS) is 29.7. The van der Waals surface area contributed by atoms with Crippen LogP contribution in [0.25, 0.3) is 22.3 Å². The second kappa shape index (κ2) is 14.6. The highest BCUT2D eigenvalue weighted by Crippen LogP contribution is 2.45. The van der Waals surface area contributed by atoms with Crippen LogP contribution >= 0.6 is 0 Å². The molecule has 12 N–H and O–H groups in total. The number of fused-ring (bicyclic) bond motifs is 1. The van der Waals surface area contributed by atoms with Crippen molar-refractivity contribution in [1.29, 1.82) is 0 Å². The van der Waals surface area contributed by atoms with Crippen molar-refractivity contribution in [2.45, 2.75) is 67.8 Å². The number of aliphatic hydroxyl groups excluding tert-OH is 7. The molecule has 2 fully saturated rings. The Morgan fingerprint density at radius 3 is 1.86 bits per heavy atom. The average Bonchev–Trinajstić information content (AvgIpc) is 3.06. The van der Waals surface area contributed by atoms with Crippen molar-refractivity contribution in [2.24, 2.45) is 0 Å². The minimum atomic E-state index is -1.96. The summed E-state index contributed by atoms with van der Waals surface area (Å²) in [5.41, 5.74) is -0.373. The highest BCUT2D eigenvalue weighted by molar-refractivity contribution is 5.90. The third-order valence-corrected chi connectivity index (χ3v) is 7.84. The summed E-state index contributed by atoms with van der Waals surface area (Å²) >= 11 is 0. The third kappa shape index (κ3) is 7.38. The Hall–Kier alpha value is -4.77. The van der Waals surface area contributed by atoms with Gasteiger partial charge in [-0.2, -0.15) is 0 Å². The van der Waals surface area contributed by atoms with Crippen LogP contribution in [0.1, 0.15) is 6.42 Å². The molecule has 50 heavy (non-hydrogen) atoms. The Morgan fingerprint density at radius 1 is 0.720 bits per heavy atom. The lowest BCUT2D eigenvalue weighted by molar-refractivity contribution is -0.278. The van der Waals surface area contributed by atoms with E-state index in [0.717, 1.165) is 30.3 Å². The van der Waals surface area contributed by atoms with Gasteiger partial charge in [-0.25, -0.2) is 4.42 Å². The van der Waals surface area contributed by atoms with Gasteiger partial charge in [0.1, 0.15) is 78.7 Å². The van der Waals surface area contributed by atoms with Crippen LogP contribution in [0.2, 0.25) is 0 Å². The predicted molar refractivity (Wildman–Crippen MR) is 158 cm³/mol. The summed E-state index contributed by atoms with van der Waals surface area (Å²) in [5.74, 6) is -6.78. The molecule has 272 valence electrons. The van der Waals surface area contributed by atoms with Crippen molar-refractivity contribution in [3.05, 3.63) is 30.3 Å². The molecule has 3 aromatic rings. The van der Waals surface area contributed by atoms with Gasteiger partial charge in [0.25, 0.3) is 0 Å².